The first-order valence-corrected chi connectivity index (χ1v) is 7.90. The third-order valence-electron chi connectivity index (χ3n) is 2.53. The molecule has 0 aliphatic rings. The van der Waals surface area contributed by atoms with Gasteiger partial charge in [-0.25, -0.2) is 13.4 Å². The number of likely N-dealkylation sites (N-methyl/N-ethyl adjacent to an activating group) is 1. The summed E-state index contributed by atoms with van der Waals surface area (Å²) in [5.41, 5.74) is 0. The van der Waals surface area contributed by atoms with Crippen molar-refractivity contribution in [2.45, 2.75) is 26.4 Å². The van der Waals surface area contributed by atoms with E-state index in [4.69, 9.17) is 9.47 Å². The lowest BCUT2D eigenvalue weighted by Crippen LogP contribution is -2.34. The molecule has 0 heterocycles. The zero-order valence-corrected chi connectivity index (χ0v) is 13.4. The van der Waals surface area contributed by atoms with Gasteiger partial charge in [0.15, 0.2) is 0 Å². The van der Waals surface area contributed by atoms with Crippen molar-refractivity contribution in [3.63, 3.8) is 0 Å². The molecule has 0 unspecified atom stereocenters. The second-order valence-corrected chi connectivity index (χ2v) is 5.88. The van der Waals surface area contributed by atoms with Gasteiger partial charge >= 0.3 is 0 Å². The Balaban J connectivity index is 5.07. The van der Waals surface area contributed by atoms with E-state index < -0.39 is 10.0 Å². The predicted octanol–water partition coefficient (Wildman–Crippen LogP) is 1.77. The second-order valence-electron chi connectivity index (χ2n) is 3.99. The predicted molar refractivity (Wildman–Crippen MR) is 81.0 cm³/mol. The molecule has 0 saturated carbocycles. The number of ether oxygens (including phenoxy) is 2. The highest BCUT2D eigenvalue weighted by Gasteiger charge is 2.20. The van der Waals surface area contributed by atoms with Crippen molar-refractivity contribution in [2.24, 2.45) is 4.99 Å². The van der Waals surface area contributed by atoms with E-state index in [-0.39, 0.29) is 18.5 Å². The average Bonchev–Trinajstić information content (AvgIpc) is 2.41. The van der Waals surface area contributed by atoms with Crippen molar-refractivity contribution in [2.75, 3.05) is 27.3 Å². The van der Waals surface area contributed by atoms with Gasteiger partial charge in [0.05, 0.1) is 12.7 Å². The Kier molecular flexibility index (Phi) is 9.11. The van der Waals surface area contributed by atoms with Crippen LogP contribution in [0.4, 0.5) is 0 Å². The van der Waals surface area contributed by atoms with Crippen LogP contribution in [-0.2, 0) is 19.5 Å². The van der Waals surface area contributed by atoms with Crippen LogP contribution in [0, 0.1) is 0 Å². The fraction of sp³-hybridized carbons (Fsp3) is 0.615. The number of rotatable bonds is 10. The van der Waals surface area contributed by atoms with Crippen LogP contribution < -0.4 is 0 Å². The minimum atomic E-state index is -3.61. The Morgan fingerprint density at radius 3 is 2.55 bits per heavy atom. The highest BCUT2D eigenvalue weighted by molar-refractivity contribution is 7.92. The SMILES string of the molecule is C=CC=N/C(=C/S(=O)(=O)N(C)C[C@H](CC)OC)OCC. The van der Waals surface area contributed by atoms with E-state index in [0.717, 1.165) is 11.8 Å². The quantitative estimate of drug-likeness (QED) is 0.455. The molecule has 0 bridgehead atoms. The highest BCUT2D eigenvalue weighted by Crippen LogP contribution is 2.10. The summed E-state index contributed by atoms with van der Waals surface area (Å²) in [6.45, 7) is 7.77. The Bertz CT molecular complexity index is 439. The van der Waals surface area contributed by atoms with Gasteiger partial charge in [0.25, 0.3) is 0 Å². The summed E-state index contributed by atoms with van der Waals surface area (Å²) in [6.07, 6.45) is 3.41. The summed E-state index contributed by atoms with van der Waals surface area (Å²) in [5.74, 6) is 0.0321. The average molecular weight is 304 g/mol. The molecule has 0 radical (unpaired) electrons. The van der Waals surface area contributed by atoms with Crippen LogP contribution >= 0.6 is 0 Å². The smallest absolute Gasteiger partial charge is 0.241 e. The van der Waals surface area contributed by atoms with Crippen molar-refractivity contribution >= 4 is 16.2 Å². The fourth-order valence-corrected chi connectivity index (χ4v) is 2.29. The van der Waals surface area contributed by atoms with Crippen LogP contribution in [0.2, 0.25) is 0 Å². The van der Waals surface area contributed by atoms with Crippen molar-refractivity contribution in [1.29, 1.82) is 0 Å². The molecule has 0 fully saturated rings. The van der Waals surface area contributed by atoms with Gasteiger partial charge in [-0.2, -0.15) is 4.31 Å². The molecule has 0 saturated heterocycles. The van der Waals surface area contributed by atoms with E-state index in [9.17, 15) is 8.42 Å². The first-order valence-electron chi connectivity index (χ1n) is 6.39. The number of hydrogen-bond acceptors (Lipinski definition) is 5. The second kappa shape index (κ2) is 9.68. The number of methoxy groups -OCH3 is 1. The van der Waals surface area contributed by atoms with Gasteiger partial charge < -0.3 is 9.47 Å². The van der Waals surface area contributed by atoms with Gasteiger partial charge in [0.1, 0.15) is 5.41 Å². The van der Waals surface area contributed by atoms with Gasteiger partial charge in [0, 0.05) is 26.9 Å². The van der Waals surface area contributed by atoms with Crippen molar-refractivity contribution < 1.29 is 17.9 Å². The molecule has 1 atom stereocenters. The van der Waals surface area contributed by atoms with Gasteiger partial charge in [0.2, 0.25) is 15.9 Å². The lowest BCUT2D eigenvalue weighted by atomic mass is 10.3. The van der Waals surface area contributed by atoms with E-state index in [1.54, 1.807) is 14.0 Å². The summed E-state index contributed by atoms with van der Waals surface area (Å²) in [5, 5.41) is 0.999. The first-order chi connectivity index (χ1) is 9.41. The van der Waals surface area contributed by atoms with Crippen LogP contribution in [0.15, 0.2) is 28.9 Å². The Labute approximate surface area is 121 Å². The maximum absolute atomic E-state index is 12.2. The summed E-state index contributed by atoms with van der Waals surface area (Å²) in [6, 6.07) is 0. The molecule has 20 heavy (non-hydrogen) atoms. The Hall–Kier alpha value is -1.18. The summed E-state index contributed by atoms with van der Waals surface area (Å²) in [7, 11) is -0.555. The minimum Gasteiger partial charge on any atom is -0.477 e. The van der Waals surface area contributed by atoms with E-state index in [1.807, 2.05) is 6.92 Å². The molecular formula is C13H24N2O4S. The molecule has 0 rings (SSSR count). The topological polar surface area (TPSA) is 68.2 Å². The third-order valence-corrected chi connectivity index (χ3v) is 4.05. The molecule has 0 aromatic carbocycles. The molecule has 0 amide bonds. The summed E-state index contributed by atoms with van der Waals surface area (Å²) >= 11 is 0. The van der Waals surface area contributed by atoms with E-state index in [2.05, 4.69) is 11.6 Å². The Morgan fingerprint density at radius 1 is 1.45 bits per heavy atom. The summed E-state index contributed by atoms with van der Waals surface area (Å²) in [4.78, 5) is 3.88. The molecule has 6 nitrogen and oxygen atoms in total. The largest absolute Gasteiger partial charge is 0.477 e. The molecule has 0 aromatic heterocycles. The van der Waals surface area contributed by atoms with Crippen LogP contribution in [0.1, 0.15) is 20.3 Å². The molecule has 116 valence electrons. The zero-order chi connectivity index (χ0) is 15.6. The molecule has 0 aliphatic heterocycles. The highest BCUT2D eigenvalue weighted by atomic mass is 32.2. The number of nitrogens with zero attached hydrogens (tertiary/aromatic N) is 2. The van der Waals surface area contributed by atoms with Crippen molar-refractivity contribution in [3.05, 3.63) is 23.9 Å². The number of allylic oxidation sites excluding steroid dienone is 1. The van der Waals surface area contributed by atoms with Crippen molar-refractivity contribution in [1.82, 2.24) is 4.31 Å². The van der Waals surface area contributed by atoms with E-state index >= 15 is 0 Å². The van der Waals surface area contributed by atoms with Crippen LogP contribution in [0.25, 0.3) is 0 Å². The van der Waals surface area contributed by atoms with Gasteiger partial charge in [-0.05, 0) is 13.3 Å². The normalized spacial score (nSPS) is 14.8. The molecule has 7 heteroatoms. The number of hydrogen-bond donors (Lipinski definition) is 0. The van der Waals surface area contributed by atoms with Gasteiger partial charge in [-0.1, -0.05) is 19.6 Å². The maximum atomic E-state index is 12.2. The van der Waals surface area contributed by atoms with E-state index in [1.165, 1.54) is 23.6 Å². The van der Waals surface area contributed by atoms with Crippen LogP contribution in [-0.4, -0.2) is 52.4 Å². The van der Waals surface area contributed by atoms with Crippen LogP contribution in [0.5, 0.6) is 0 Å². The molecule has 0 aromatic rings. The van der Waals surface area contributed by atoms with E-state index in [0.29, 0.717) is 6.61 Å². The number of sulfonamides is 1. The molecule has 0 aliphatic carbocycles. The monoisotopic (exact) mass is 304 g/mol. The number of aliphatic imine (C=N–C) groups is 1. The lowest BCUT2D eigenvalue weighted by Gasteiger charge is -2.20. The molecular weight excluding hydrogens is 280 g/mol. The minimum absolute atomic E-state index is 0.0321. The van der Waals surface area contributed by atoms with Gasteiger partial charge in [-0.15, -0.1) is 0 Å². The standard InChI is InChI=1S/C13H24N2O4S/c1-6-9-14-13(19-8-3)11-20(16,17)15(4)10-12(7-2)18-5/h6,9,11-12H,1,7-8,10H2,2-5H3/b13-11-,14-9?/t12-/m0/s1. The lowest BCUT2D eigenvalue weighted by molar-refractivity contribution is 0.0862. The first kappa shape index (κ1) is 18.8. The summed E-state index contributed by atoms with van der Waals surface area (Å²) < 4.78 is 35.9. The molecule has 0 N–H and O–H groups in total. The van der Waals surface area contributed by atoms with Crippen molar-refractivity contribution in [3.8, 4) is 0 Å². The fourth-order valence-electron chi connectivity index (χ4n) is 1.35. The zero-order valence-electron chi connectivity index (χ0n) is 12.6. The Morgan fingerprint density at radius 2 is 2.10 bits per heavy atom. The third kappa shape index (κ3) is 6.83. The van der Waals surface area contributed by atoms with Crippen LogP contribution in [0.3, 0.4) is 0 Å². The molecule has 0 spiro atoms. The maximum Gasteiger partial charge on any atom is 0.241 e. The van der Waals surface area contributed by atoms with Gasteiger partial charge in [-0.3, -0.25) is 0 Å².